The van der Waals surface area contributed by atoms with Crippen LogP contribution in [-0.4, -0.2) is 11.0 Å². The Morgan fingerprint density at radius 3 is 2.50 bits per heavy atom. The van der Waals surface area contributed by atoms with Gasteiger partial charge in [0, 0.05) is 30.3 Å². The van der Waals surface area contributed by atoms with Crippen LogP contribution in [-0.2, 0) is 4.79 Å². The Morgan fingerprint density at radius 1 is 1.09 bits per heavy atom. The van der Waals surface area contributed by atoms with Crippen LogP contribution in [0.15, 0.2) is 57.7 Å². The van der Waals surface area contributed by atoms with E-state index in [2.05, 4.69) is 5.32 Å². The third kappa shape index (κ3) is 2.69. The van der Waals surface area contributed by atoms with E-state index in [4.69, 9.17) is 4.42 Å². The fourth-order valence-electron chi connectivity index (χ4n) is 2.21. The molecule has 2 aromatic carbocycles. The summed E-state index contributed by atoms with van der Waals surface area (Å²) < 4.78 is 5.68. The second-order valence-electron chi connectivity index (χ2n) is 4.91. The van der Waals surface area contributed by atoms with Gasteiger partial charge in [-0.25, -0.2) is 0 Å². The summed E-state index contributed by atoms with van der Waals surface area (Å²) in [6.07, 6.45) is 0. The maximum atomic E-state index is 12.1. The van der Waals surface area contributed by atoms with Gasteiger partial charge >= 0.3 is 0 Å². The zero-order chi connectivity index (χ0) is 15.7. The molecular weight excluding hydrogens is 282 g/mol. The fourth-order valence-corrected chi connectivity index (χ4v) is 2.21. The van der Waals surface area contributed by atoms with Crippen LogP contribution in [0.2, 0.25) is 0 Å². The lowest BCUT2D eigenvalue weighted by Gasteiger charge is -2.05. The quantitative estimate of drug-likeness (QED) is 0.761. The molecule has 0 saturated heterocycles. The SMILES string of the molecule is CC(=O)Nc1ccc(-c2cc(=O)c3ccc(O)cc3o2)cc1. The van der Waals surface area contributed by atoms with Gasteiger partial charge in [0.15, 0.2) is 5.43 Å². The first-order valence-corrected chi connectivity index (χ1v) is 6.68. The molecule has 0 radical (unpaired) electrons. The number of benzene rings is 2. The van der Waals surface area contributed by atoms with E-state index in [0.29, 0.717) is 28.0 Å². The molecule has 2 N–H and O–H groups in total. The Morgan fingerprint density at radius 2 is 1.82 bits per heavy atom. The molecule has 0 unspecified atom stereocenters. The van der Waals surface area contributed by atoms with Gasteiger partial charge in [-0.15, -0.1) is 0 Å². The lowest BCUT2D eigenvalue weighted by Crippen LogP contribution is -2.05. The molecule has 5 heteroatoms. The molecule has 22 heavy (non-hydrogen) atoms. The number of hydrogen-bond donors (Lipinski definition) is 2. The summed E-state index contributed by atoms with van der Waals surface area (Å²) in [4.78, 5) is 23.1. The summed E-state index contributed by atoms with van der Waals surface area (Å²) in [7, 11) is 0. The van der Waals surface area contributed by atoms with E-state index in [1.165, 1.54) is 31.2 Å². The predicted octanol–water partition coefficient (Wildman–Crippen LogP) is 3.12. The highest BCUT2D eigenvalue weighted by Gasteiger charge is 2.08. The number of fused-ring (bicyclic) bond motifs is 1. The van der Waals surface area contributed by atoms with Gasteiger partial charge in [0.05, 0.1) is 5.39 Å². The van der Waals surface area contributed by atoms with Crippen LogP contribution in [0.3, 0.4) is 0 Å². The highest BCUT2D eigenvalue weighted by Crippen LogP contribution is 2.25. The van der Waals surface area contributed by atoms with Gasteiger partial charge in [-0.2, -0.15) is 0 Å². The lowest BCUT2D eigenvalue weighted by molar-refractivity contribution is -0.114. The van der Waals surface area contributed by atoms with Crippen molar-refractivity contribution in [3.63, 3.8) is 0 Å². The zero-order valence-corrected chi connectivity index (χ0v) is 11.8. The number of carbonyl (C=O) groups is 1. The van der Waals surface area contributed by atoms with Crippen molar-refractivity contribution in [1.82, 2.24) is 0 Å². The van der Waals surface area contributed by atoms with Gasteiger partial charge in [0.25, 0.3) is 0 Å². The van der Waals surface area contributed by atoms with Gasteiger partial charge in [-0.3, -0.25) is 9.59 Å². The van der Waals surface area contributed by atoms with Crippen molar-refractivity contribution in [2.24, 2.45) is 0 Å². The number of rotatable bonds is 2. The Hall–Kier alpha value is -3.08. The normalized spacial score (nSPS) is 10.6. The molecule has 0 aliphatic rings. The van der Waals surface area contributed by atoms with E-state index in [1.54, 1.807) is 24.3 Å². The fraction of sp³-hybridized carbons (Fsp3) is 0.0588. The average molecular weight is 295 g/mol. The third-order valence-corrected chi connectivity index (χ3v) is 3.20. The topological polar surface area (TPSA) is 79.5 Å². The highest BCUT2D eigenvalue weighted by molar-refractivity contribution is 5.89. The molecule has 0 bridgehead atoms. The molecule has 0 aliphatic carbocycles. The van der Waals surface area contributed by atoms with E-state index in [-0.39, 0.29) is 17.1 Å². The summed E-state index contributed by atoms with van der Waals surface area (Å²) in [5.41, 5.74) is 1.52. The van der Waals surface area contributed by atoms with Gasteiger partial charge < -0.3 is 14.8 Å². The number of carbonyl (C=O) groups excluding carboxylic acids is 1. The average Bonchev–Trinajstić information content (AvgIpc) is 2.46. The van der Waals surface area contributed by atoms with Gasteiger partial charge in [-0.05, 0) is 36.4 Å². The number of amides is 1. The molecule has 3 rings (SSSR count). The molecule has 3 aromatic rings. The first kappa shape index (κ1) is 13.9. The Labute approximate surface area is 125 Å². The van der Waals surface area contributed by atoms with E-state index in [9.17, 15) is 14.7 Å². The summed E-state index contributed by atoms with van der Waals surface area (Å²) in [6.45, 7) is 1.43. The maximum Gasteiger partial charge on any atom is 0.221 e. The molecule has 110 valence electrons. The van der Waals surface area contributed by atoms with Crippen LogP contribution in [0.4, 0.5) is 5.69 Å². The molecule has 1 amide bonds. The minimum atomic E-state index is -0.179. The van der Waals surface area contributed by atoms with Crippen LogP contribution in [0.1, 0.15) is 6.92 Å². The molecule has 0 saturated carbocycles. The number of phenols is 1. The molecule has 0 atom stereocenters. The summed E-state index contributed by atoms with van der Waals surface area (Å²) in [6, 6.07) is 12.7. The van der Waals surface area contributed by atoms with Gasteiger partial charge in [0.2, 0.25) is 5.91 Å². The predicted molar refractivity (Wildman–Crippen MR) is 83.9 cm³/mol. The first-order chi connectivity index (χ1) is 10.5. The molecule has 5 nitrogen and oxygen atoms in total. The van der Waals surface area contributed by atoms with Crippen LogP contribution >= 0.6 is 0 Å². The first-order valence-electron chi connectivity index (χ1n) is 6.68. The van der Waals surface area contributed by atoms with Gasteiger partial charge in [0.1, 0.15) is 17.1 Å². The third-order valence-electron chi connectivity index (χ3n) is 3.20. The van der Waals surface area contributed by atoms with Crippen molar-refractivity contribution in [3.05, 3.63) is 58.8 Å². The summed E-state index contributed by atoms with van der Waals surface area (Å²) in [5.74, 6) is 0.284. The van der Waals surface area contributed by atoms with E-state index < -0.39 is 0 Å². The monoisotopic (exact) mass is 295 g/mol. The number of anilines is 1. The highest BCUT2D eigenvalue weighted by atomic mass is 16.3. The van der Waals surface area contributed by atoms with Crippen molar-refractivity contribution in [2.45, 2.75) is 6.92 Å². The number of nitrogens with one attached hydrogen (secondary N) is 1. The Balaban J connectivity index is 2.06. The minimum Gasteiger partial charge on any atom is -0.508 e. The van der Waals surface area contributed by atoms with Crippen LogP contribution in [0.25, 0.3) is 22.3 Å². The molecule has 1 heterocycles. The largest absolute Gasteiger partial charge is 0.508 e. The van der Waals surface area contributed by atoms with Crippen molar-refractivity contribution < 1.29 is 14.3 Å². The van der Waals surface area contributed by atoms with Crippen LogP contribution in [0, 0.1) is 0 Å². The van der Waals surface area contributed by atoms with Crippen molar-refractivity contribution >= 4 is 22.6 Å². The smallest absolute Gasteiger partial charge is 0.221 e. The summed E-state index contributed by atoms with van der Waals surface area (Å²) in [5, 5.41) is 12.6. The molecular formula is C17H13NO4. The molecule has 1 aromatic heterocycles. The number of hydrogen-bond acceptors (Lipinski definition) is 4. The summed E-state index contributed by atoms with van der Waals surface area (Å²) >= 11 is 0. The van der Waals surface area contributed by atoms with Crippen LogP contribution < -0.4 is 10.7 Å². The second-order valence-corrected chi connectivity index (χ2v) is 4.91. The minimum absolute atomic E-state index is 0.0359. The number of aromatic hydroxyl groups is 1. The zero-order valence-electron chi connectivity index (χ0n) is 11.8. The van der Waals surface area contributed by atoms with Crippen molar-refractivity contribution in [3.8, 4) is 17.1 Å². The van der Waals surface area contributed by atoms with Crippen LogP contribution in [0.5, 0.6) is 5.75 Å². The van der Waals surface area contributed by atoms with Crippen molar-refractivity contribution in [1.29, 1.82) is 0 Å². The van der Waals surface area contributed by atoms with E-state index in [1.807, 2.05) is 0 Å². The van der Waals surface area contributed by atoms with E-state index in [0.717, 1.165) is 0 Å². The molecule has 0 fully saturated rings. The Bertz CT molecular complexity index is 910. The molecule has 0 aliphatic heterocycles. The standard InChI is InChI=1S/C17H13NO4/c1-10(19)18-12-4-2-11(3-5-12)16-9-15(21)14-7-6-13(20)8-17(14)22-16/h2-9,20H,1H3,(H,18,19). The van der Waals surface area contributed by atoms with Crippen molar-refractivity contribution in [2.75, 3.05) is 5.32 Å². The number of phenolic OH excluding ortho intramolecular Hbond substituents is 1. The second kappa shape index (κ2) is 5.37. The lowest BCUT2D eigenvalue weighted by atomic mass is 10.1. The van der Waals surface area contributed by atoms with Gasteiger partial charge in [-0.1, -0.05) is 0 Å². The van der Waals surface area contributed by atoms with E-state index >= 15 is 0 Å². The molecule has 0 spiro atoms. The Kier molecular flexibility index (Phi) is 3.39. The maximum absolute atomic E-state index is 12.1.